The van der Waals surface area contributed by atoms with Gasteiger partial charge >= 0.3 is 0 Å². The molecular weight excluding hydrogens is 270 g/mol. The van der Waals surface area contributed by atoms with Crippen molar-refractivity contribution < 1.29 is 9.53 Å². The Labute approximate surface area is 126 Å². The molecule has 1 saturated carbocycles. The summed E-state index contributed by atoms with van der Waals surface area (Å²) in [7, 11) is 0. The Kier molecular flexibility index (Phi) is 4.41. The molecule has 3 fully saturated rings. The van der Waals surface area contributed by atoms with Gasteiger partial charge in [0.1, 0.15) is 0 Å². The lowest BCUT2D eigenvalue weighted by molar-refractivity contribution is -0.139. The fourth-order valence-corrected chi connectivity index (χ4v) is 5.35. The van der Waals surface area contributed by atoms with Gasteiger partial charge in [-0.1, -0.05) is 25.0 Å². The Morgan fingerprint density at radius 3 is 2.90 bits per heavy atom. The summed E-state index contributed by atoms with van der Waals surface area (Å²) < 4.78 is 5.72. The first-order valence-corrected chi connectivity index (χ1v) is 8.92. The summed E-state index contributed by atoms with van der Waals surface area (Å²) >= 11 is 2.08. The number of carbonyl (C=O) groups is 1. The van der Waals surface area contributed by atoms with E-state index in [1.807, 2.05) is 6.92 Å². The second-order valence-electron chi connectivity index (χ2n) is 6.33. The summed E-state index contributed by atoms with van der Waals surface area (Å²) in [4.78, 5) is 15.2. The average molecular weight is 295 g/mol. The van der Waals surface area contributed by atoms with E-state index in [-0.39, 0.29) is 12.0 Å². The largest absolute Gasteiger partial charge is 0.373 e. The molecule has 2 aliphatic heterocycles. The molecule has 0 N–H and O–H groups in total. The Balaban J connectivity index is 1.73. The van der Waals surface area contributed by atoms with Crippen molar-refractivity contribution in [2.45, 2.75) is 56.4 Å². The number of hydrogen-bond acceptors (Lipinski definition) is 3. The van der Waals surface area contributed by atoms with Crippen LogP contribution in [0.1, 0.15) is 39.0 Å². The second-order valence-corrected chi connectivity index (χ2v) is 7.67. The molecule has 0 aromatic carbocycles. The fourth-order valence-electron chi connectivity index (χ4n) is 3.91. The number of hydrogen-bond donors (Lipinski definition) is 0. The highest BCUT2D eigenvalue weighted by molar-refractivity contribution is 8.00. The van der Waals surface area contributed by atoms with Crippen LogP contribution in [0.25, 0.3) is 0 Å². The third kappa shape index (κ3) is 2.64. The summed E-state index contributed by atoms with van der Waals surface area (Å²) in [6, 6.07) is 0.473. The maximum Gasteiger partial charge on any atom is 0.229 e. The van der Waals surface area contributed by atoms with Gasteiger partial charge in [-0.15, -0.1) is 0 Å². The van der Waals surface area contributed by atoms with Crippen molar-refractivity contribution in [1.29, 1.82) is 0 Å². The zero-order valence-corrected chi connectivity index (χ0v) is 13.2. The van der Waals surface area contributed by atoms with E-state index in [0.29, 0.717) is 23.8 Å². The van der Waals surface area contributed by atoms with Gasteiger partial charge in [0.05, 0.1) is 12.0 Å². The predicted molar refractivity (Wildman–Crippen MR) is 82.9 cm³/mol. The highest BCUT2D eigenvalue weighted by Crippen LogP contribution is 2.37. The molecule has 1 amide bonds. The summed E-state index contributed by atoms with van der Waals surface area (Å²) in [6.07, 6.45) is 5.88. The standard InChI is InChI=1S/C16H25NO2S/c1-11(2)15-12(7-9-19-15)16(18)17-8-10-20-14-6-4-3-5-13(14)17/h12-15H,1,3-10H2,2H3/t12-,13-,14-,15-/m1/s1. The molecule has 0 radical (unpaired) electrons. The number of thioether (sulfide) groups is 1. The highest BCUT2D eigenvalue weighted by atomic mass is 32.2. The molecule has 0 bridgehead atoms. The molecule has 0 aromatic rings. The predicted octanol–water partition coefficient (Wildman–Crippen LogP) is 2.85. The van der Waals surface area contributed by atoms with Crippen LogP contribution < -0.4 is 0 Å². The van der Waals surface area contributed by atoms with Crippen LogP contribution >= 0.6 is 11.8 Å². The van der Waals surface area contributed by atoms with Gasteiger partial charge in [0.2, 0.25) is 5.91 Å². The van der Waals surface area contributed by atoms with Crippen LogP contribution in [0.5, 0.6) is 0 Å². The minimum absolute atomic E-state index is 0.0122. The number of carbonyl (C=O) groups excluding carboxylic acids is 1. The Bertz CT molecular complexity index is 396. The number of nitrogens with zero attached hydrogens (tertiary/aromatic N) is 1. The van der Waals surface area contributed by atoms with E-state index < -0.39 is 0 Å². The van der Waals surface area contributed by atoms with Gasteiger partial charge in [-0.05, 0) is 26.2 Å². The summed E-state index contributed by atoms with van der Waals surface area (Å²) in [5, 5.41) is 0.673. The van der Waals surface area contributed by atoms with Gasteiger partial charge in [-0.3, -0.25) is 4.79 Å². The first-order valence-electron chi connectivity index (χ1n) is 7.87. The van der Waals surface area contributed by atoms with Crippen molar-refractivity contribution >= 4 is 17.7 Å². The molecule has 112 valence electrons. The maximum absolute atomic E-state index is 13.0. The maximum atomic E-state index is 13.0. The third-order valence-corrected chi connectivity index (χ3v) is 6.31. The summed E-state index contributed by atoms with van der Waals surface area (Å²) in [5.41, 5.74) is 0.993. The van der Waals surface area contributed by atoms with Crippen molar-refractivity contribution in [2.75, 3.05) is 18.9 Å². The van der Waals surface area contributed by atoms with Crippen LogP contribution in [0, 0.1) is 5.92 Å². The zero-order chi connectivity index (χ0) is 14.1. The number of amides is 1. The van der Waals surface area contributed by atoms with E-state index in [1.54, 1.807) is 0 Å². The van der Waals surface area contributed by atoms with E-state index in [9.17, 15) is 4.79 Å². The first-order chi connectivity index (χ1) is 9.68. The first kappa shape index (κ1) is 14.5. The molecule has 2 heterocycles. The topological polar surface area (TPSA) is 29.5 Å². The molecule has 4 atom stereocenters. The van der Waals surface area contributed by atoms with E-state index in [1.165, 1.54) is 25.7 Å². The van der Waals surface area contributed by atoms with Crippen molar-refractivity contribution in [3.8, 4) is 0 Å². The Hall–Kier alpha value is -0.480. The lowest BCUT2D eigenvalue weighted by atomic mass is 9.90. The van der Waals surface area contributed by atoms with Crippen LogP contribution in [0.4, 0.5) is 0 Å². The van der Waals surface area contributed by atoms with Crippen LogP contribution in [0.2, 0.25) is 0 Å². The lowest BCUT2D eigenvalue weighted by Gasteiger charge is -2.44. The number of fused-ring (bicyclic) bond motifs is 1. The number of rotatable bonds is 2. The van der Waals surface area contributed by atoms with Crippen molar-refractivity contribution in [2.24, 2.45) is 5.92 Å². The minimum atomic E-state index is -0.0564. The molecule has 0 spiro atoms. The molecule has 2 saturated heterocycles. The van der Waals surface area contributed by atoms with Gasteiger partial charge in [-0.25, -0.2) is 0 Å². The number of ether oxygens (including phenoxy) is 1. The Morgan fingerprint density at radius 1 is 1.30 bits per heavy atom. The van der Waals surface area contributed by atoms with Crippen LogP contribution in [-0.2, 0) is 9.53 Å². The van der Waals surface area contributed by atoms with Crippen molar-refractivity contribution in [3.63, 3.8) is 0 Å². The zero-order valence-electron chi connectivity index (χ0n) is 12.3. The molecule has 20 heavy (non-hydrogen) atoms. The fraction of sp³-hybridized carbons (Fsp3) is 0.812. The van der Waals surface area contributed by atoms with Gasteiger partial charge in [-0.2, -0.15) is 11.8 Å². The molecule has 4 heteroatoms. The average Bonchev–Trinajstić information content (AvgIpc) is 2.95. The van der Waals surface area contributed by atoms with Crippen molar-refractivity contribution in [1.82, 2.24) is 4.90 Å². The second kappa shape index (κ2) is 6.10. The van der Waals surface area contributed by atoms with E-state index in [0.717, 1.165) is 24.3 Å². The van der Waals surface area contributed by atoms with E-state index >= 15 is 0 Å². The van der Waals surface area contributed by atoms with Crippen LogP contribution in [0.3, 0.4) is 0 Å². The molecule has 0 unspecified atom stereocenters. The third-order valence-electron chi connectivity index (χ3n) is 4.91. The molecule has 3 rings (SSSR count). The van der Waals surface area contributed by atoms with Gasteiger partial charge in [0.15, 0.2) is 0 Å². The van der Waals surface area contributed by atoms with Gasteiger partial charge in [0, 0.05) is 30.2 Å². The van der Waals surface area contributed by atoms with Gasteiger partial charge < -0.3 is 9.64 Å². The van der Waals surface area contributed by atoms with Crippen molar-refractivity contribution in [3.05, 3.63) is 12.2 Å². The normalized spacial score (nSPS) is 37.5. The molecule has 3 aliphatic rings. The summed E-state index contributed by atoms with van der Waals surface area (Å²) in [5.74, 6) is 1.43. The monoisotopic (exact) mass is 295 g/mol. The molecular formula is C16H25NO2S. The van der Waals surface area contributed by atoms with E-state index in [2.05, 4.69) is 23.2 Å². The molecule has 1 aliphatic carbocycles. The van der Waals surface area contributed by atoms with E-state index in [4.69, 9.17) is 4.74 Å². The summed E-state index contributed by atoms with van der Waals surface area (Å²) in [6.45, 7) is 7.59. The SMILES string of the molecule is C=C(C)[C@H]1OCC[C@H]1C(=O)N1CCS[C@@H]2CCCC[C@H]21. The molecule has 3 nitrogen and oxygen atoms in total. The Morgan fingerprint density at radius 2 is 2.10 bits per heavy atom. The lowest BCUT2D eigenvalue weighted by Crippen LogP contribution is -2.54. The molecule has 0 aromatic heterocycles. The minimum Gasteiger partial charge on any atom is -0.373 e. The quantitative estimate of drug-likeness (QED) is 0.734. The van der Waals surface area contributed by atoms with Crippen LogP contribution in [0.15, 0.2) is 12.2 Å². The smallest absolute Gasteiger partial charge is 0.229 e. The van der Waals surface area contributed by atoms with Gasteiger partial charge in [0.25, 0.3) is 0 Å². The van der Waals surface area contributed by atoms with Crippen LogP contribution in [-0.4, -0.2) is 47.1 Å². The highest BCUT2D eigenvalue weighted by Gasteiger charge is 2.42.